The highest BCUT2D eigenvalue weighted by Crippen LogP contribution is 2.21. The topological polar surface area (TPSA) is 61.4 Å². The smallest absolute Gasteiger partial charge is 0.243 e. The molecule has 0 aliphatic carbocycles. The molecule has 0 heterocycles. The predicted molar refractivity (Wildman–Crippen MR) is 92.4 cm³/mol. The van der Waals surface area contributed by atoms with Crippen molar-refractivity contribution < 1.29 is 10.0 Å². The van der Waals surface area contributed by atoms with Crippen molar-refractivity contribution in [3.8, 4) is 11.1 Å². The van der Waals surface area contributed by atoms with Crippen LogP contribution in [0, 0.1) is 0 Å². The summed E-state index contributed by atoms with van der Waals surface area (Å²) in [6.07, 6.45) is 2.01. The SMILES string of the molecule is O=C(CCCCNCc1ccc(-c2ccc(Cl)cc2)cc1)NO. The van der Waals surface area contributed by atoms with E-state index in [-0.39, 0.29) is 5.91 Å². The van der Waals surface area contributed by atoms with Gasteiger partial charge in [0, 0.05) is 18.0 Å². The molecule has 1 amide bonds. The number of hydrogen-bond acceptors (Lipinski definition) is 3. The normalized spacial score (nSPS) is 10.5. The summed E-state index contributed by atoms with van der Waals surface area (Å²) >= 11 is 5.90. The zero-order valence-corrected chi connectivity index (χ0v) is 13.6. The molecule has 23 heavy (non-hydrogen) atoms. The first-order valence-corrected chi connectivity index (χ1v) is 8.05. The number of halogens is 1. The van der Waals surface area contributed by atoms with Gasteiger partial charge in [-0.1, -0.05) is 48.0 Å². The maximum Gasteiger partial charge on any atom is 0.243 e. The summed E-state index contributed by atoms with van der Waals surface area (Å²) in [7, 11) is 0. The molecule has 122 valence electrons. The van der Waals surface area contributed by atoms with Crippen molar-refractivity contribution >= 4 is 17.5 Å². The molecule has 0 saturated carbocycles. The van der Waals surface area contributed by atoms with E-state index in [2.05, 4.69) is 29.6 Å². The van der Waals surface area contributed by atoms with Crippen molar-refractivity contribution in [2.75, 3.05) is 6.54 Å². The number of carbonyl (C=O) groups is 1. The molecule has 2 aromatic carbocycles. The number of carbonyl (C=O) groups excluding carboxylic acids is 1. The van der Waals surface area contributed by atoms with E-state index >= 15 is 0 Å². The summed E-state index contributed by atoms with van der Waals surface area (Å²) < 4.78 is 0. The van der Waals surface area contributed by atoms with Crippen LogP contribution in [0.15, 0.2) is 48.5 Å². The van der Waals surface area contributed by atoms with Crippen LogP contribution in [0.2, 0.25) is 5.02 Å². The molecule has 5 heteroatoms. The van der Waals surface area contributed by atoms with Gasteiger partial charge in [-0.15, -0.1) is 0 Å². The number of nitrogens with one attached hydrogen (secondary N) is 2. The second-order valence-electron chi connectivity index (χ2n) is 5.37. The number of hydroxylamine groups is 1. The first-order valence-electron chi connectivity index (χ1n) is 7.67. The third-order valence-corrected chi connectivity index (χ3v) is 3.84. The van der Waals surface area contributed by atoms with Gasteiger partial charge in [0.05, 0.1) is 0 Å². The minimum atomic E-state index is -0.331. The van der Waals surface area contributed by atoms with Crippen molar-refractivity contribution in [1.82, 2.24) is 10.8 Å². The van der Waals surface area contributed by atoms with E-state index < -0.39 is 0 Å². The Kier molecular flexibility index (Phi) is 7.07. The van der Waals surface area contributed by atoms with Crippen LogP contribution in [0.25, 0.3) is 11.1 Å². The third-order valence-electron chi connectivity index (χ3n) is 3.59. The lowest BCUT2D eigenvalue weighted by Gasteiger charge is -2.07. The van der Waals surface area contributed by atoms with E-state index in [0.29, 0.717) is 6.42 Å². The lowest BCUT2D eigenvalue weighted by Crippen LogP contribution is -2.19. The largest absolute Gasteiger partial charge is 0.313 e. The Labute approximate surface area is 141 Å². The molecule has 0 atom stereocenters. The molecule has 0 spiro atoms. The van der Waals surface area contributed by atoms with Crippen LogP contribution in [0.4, 0.5) is 0 Å². The summed E-state index contributed by atoms with van der Waals surface area (Å²) in [6, 6.07) is 16.2. The first-order chi connectivity index (χ1) is 11.2. The van der Waals surface area contributed by atoms with Crippen LogP contribution in [-0.4, -0.2) is 17.7 Å². The average molecular weight is 333 g/mol. The maximum absolute atomic E-state index is 10.8. The fraction of sp³-hybridized carbons (Fsp3) is 0.278. The highest BCUT2D eigenvalue weighted by Gasteiger charge is 2.00. The standard InChI is InChI=1S/C18H21ClN2O2/c19-17-10-8-16(9-11-17)15-6-4-14(5-7-15)13-20-12-2-1-3-18(22)21-23/h4-11,20,23H,1-3,12-13H2,(H,21,22). The second kappa shape index (κ2) is 9.30. The summed E-state index contributed by atoms with van der Waals surface area (Å²) in [5.41, 5.74) is 5.17. The number of hydrogen-bond donors (Lipinski definition) is 3. The molecule has 0 fully saturated rings. The van der Waals surface area contributed by atoms with Gasteiger partial charge in [0.25, 0.3) is 0 Å². The molecule has 0 radical (unpaired) electrons. The van der Waals surface area contributed by atoms with Gasteiger partial charge in [0.2, 0.25) is 5.91 Å². The molecule has 0 bridgehead atoms. The van der Waals surface area contributed by atoms with Crippen LogP contribution in [0.1, 0.15) is 24.8 Å². The van der Waals surface area contributed by atoms with Crippen LogP contribution in [0.5, 0.6) is 0 Å². The fourth-order valence-electron chi connectivity index (χ4n) is 2.28. The maximum atomic E-state index is 10.8. The fourth-order valence-corrected chi connectivity index (χ4v) is 2.41. The van der Waals surface area contributed by atoms with Crippen LogP contribution in [-0.2, 0) is 11.3 Å². The van der Waals surface area contributed by atoms with Gasteiger partial charge in [-0.25, -0.2) is 5.48 Å². The Morgan fingerprint density at radius 2 is 1.57 bits per heavy atom. The lowest BCUT2D eigenvalue weighted by atomic mass is 10.0. The van der Waals surface area contributed by atoms with Crippen molar-refractivity contribution in [3.63, 3.8) is 0 Å². The molecular weight excluding hydrogens is 312 g/mol. The number of rotatable bonds is 8. The summed E-state index contributed by atoms with van der Waals surface area (Å²) in [5, 5.41) is 12.5. The predicted octanol–water partition coefficient (Wildman–Crippen LogP) is 3.77. The first kappa shape index (κ1) is 17.5. The molecule has 2 aromatic rings. The van der Waals surface area contributed by atoms with E-state index in [4.69, 9.17) is 16.8 Å². The molecule has 3 N–H and O–H groups in total. The van der Waals surface area contributed by atoms with Crippen molar-refractivity contribution in [1.29, 1.82) is 0 Å². The molecule has 0 unspecified atom stereocenters. The Bertz CT molecular complexity index is 612. The molecule has 0 saturated heterocycles. The van der Waals surface area contributed by atoms with Crippen molar-refractivity contribution in [3.05, 3.63) is 59.1 Å². The molecule has 0 aliphatic heterocycles. The van der Waals surface area contributed by atoms with E-state index in [1.165, 1.54) is 11.1 Å². The van der Waals surface area contributed by atoms with E-state index in [0.717, 1.165) is 36.5 Å². The van der Waals surface area contributed by atoms with Gasteiger partial charge in [-0.3, -0.25) is 10.0 Å². The summed E-state index contributed by atoms with van der Waals surface area (Å²) in [6.45, 7) is 1.64. The quantitative estimate of drug-likeness (QED) is 0.392. The summed E-state index contributed by atoms with van der Waals surface area (Å²) in [5.74, 6) is -0.331. The minimum Gasteiger partial charge on any atom is -0.313 e. The second-order valence-corrected chi connectivity index (χ2v) is 5.81. The Hall–Kier alpha value is -1.88. The van der Waals surface area contributed by atoms with Gasteiger partial charge in [0.15, 0.2) is 0 Å². The Balaban J connectivity index is 1.73. The molecule has 0 aromatic heterocycles. The zero-order chi connectivity index (χ0) is 16.5. The highest BCUT2D eigenvalue weighted by molar-refractivity contribution is 6.30. The van der Waals surface area contributed by atoms with E-state index in [1.807, 2.05) is 24.3 Å². The highest BCUT2D eigenvalue weighted by atomic mass is 35.5. The zero-order valence-electron chi connectivity index (χ0n) is 12.9. The van der Waals surface area contributed by atoms with Crippen molar-refractivity contribution in [2.45, 2.75) is 25.8 Å². The van der Waals surface area contributed by atoms with Gasteiger partial charge in [0.1, 0.15) is 0 Å². The van der Waals surface area contributed by atoms with E-state index in [9.17, 15) is 4.79 Å². The average Bonchev–Trinajstić information content (AvgIpc) is 2.59. The molecule has 2 rings (SSSR count). The third kappa shape index (κ3) is 6.02. The van der Waals surface area contributed by atoms with Crippen LogP contribution < -0.4 is 10.8 Å². The molecular formula is C18H21ClN2O2. The van der Waals surface area contributed by atoms with Gasteiger partial charge in [-0.2, -0.15) is 0 Å². The number of benzene rings is 2. The summed E-state index contributed by atoms with van der Waals surface area (Å²) in [4.78, 5) is 10.8. The monoisotopic (exact) mass is 332 g/mol. The van der Waals surface area contributed by atoms with Gasteiger partial charge in [-0.05, 0) is 48.2 Å². The Morgan fingerprint density at radius 1 is 0.957 bits per heavy atom. The number of amides is 1. The molecule has 4 nitrogen and oxygen atoms in total. The number of unbranched alkanes of at least 4 members (excludes halogenated alkanes) is 1. The van der Waals surface area contributed by atoms with Gasteiger partial charge < -0.3 is 5.32 Å². The molecule has 0 aliphatic rings. The van der Waals surface area contributed by atoms with Crippen molar-refractivity contribution in [2.24, 2.45) is 0 Å². The minimum absolute atomic E-state index is 0.331. The Morgan fingerprint density at radius 3 is 2.17 bits per heavy atom. The van der Waals surface area contributed by atoms with Gasteiger partial charge >= 0.3 is 0 Å². The van der Waals surface area contributed by atoms with E-state index in [1.54, 1.807) is 5.48 Å². The van der Waals surface area contributed by atoms with Crippen LogP contribution in [0.3, 0.4) is 0 Å². The lowest BCUT2D eigenvalue weighted by molar-refractivity contribution is -0.129. The van der Waals surface area contributed by atoms with Crippen LogP contribution >= 0.6 is 11.6 Å².